The molecule has 2 saturated heterocycles. The predicted octanol–water partition coefficient (Wildman–Crippen LogP) is 2.84. The van der Waals surface area contributed by atoms with Gasteiger partial charge in [-0.15, -0.1) is 0 Å². The summed E-state index contributed by atoms with van der Waals surface area (Å²) >= 11 is 3.30. The Hall–Kier alpha value is -0.490. The van der Waals surface area contributed by atoms with Gasteiger partial charge in [-0.3, -0.25) is 11.3 Å². The zero-order chi connectivity index (χ0) is 15.0. The normalized spacial score (nSPS) is 30.6. The van der Waals surface area contributed by atoms with E-state index >= 15 is 0 Å². The molecule has 3 unspecified atom stereocenters. The minimum absolute atomic E-state index is 0.150. The van der Waals surface area contributed by atoms with Crippen LogP contribution in [0.1, 0.15) is 31.2 Å². The highest BCUT2D eigenvalue weighted by Gasteiger charge is 2.40. The summed E-state index contributed by atoms with van der Waals surface area (Å²) < 4.78 is 14.8. The molecule has 0 aromatic heterocycles. The van der Waals surface area contributed by atoms with Crippen molar-refractivity contribution in [1.29, 1.82) is 0 Å². The van der Waals surface area contributed by atoms with Crippen LogP contribution in [0.15, 0.2) is 22.7 Å². The zero-order valence-electron chi connectivity index (χ0n) is 12.4. The van der Waals surface area contributed by atoms with Gasteiger partial charge < -0.3 is 4.90 Å². The highest BCUT2D eigenvalue weighted by Crippen LogP contribution is 2.39. The van der Waals surface area contributed by atoms with Crippen molar-refractivity contribution in [2.45, 2.75) is 50.2 Å². The van der Waals surface area contributed by atoms with Crippen LogP contribution >= 0.6 is 15.9 Å². The first-order valence-electron chi connectivity index (χ1n) is 7.70. The third kappa shape index (κ3) is 3.16. The molecule has 3 rings (SSSR count). The van der Waals surface area contributed by atoms with Gasteiger partial charge in [0.15, 0.2) is 0 Å². The summed E-state index contributed by atoms with van der Waals surface area (Å²) in [6.45, 7) is 0. The highest BCUT2D eigenvalue weighted by atomic mass is 79.9. The third-order valence-corrected chi connectivity index (χ3v) is 5.87. The molecule has 2 aliphatic heterocycles. The van der Waals surface area contributed by atoms with E-state index in [1.54, 1.807) is 0 Å². The quantitative estimate of drug-likeness (QED) is 0.644. The average molecular weight is 356 g/mol. The van der Waals surface area contributed by atoms with E-state index in [4.69, 9.17) is 5.84 Å². The van der Waals surface area contributed by atoms with Gasteiger partial charge in [0.2, 0.25) is 0 Å². The summed E-state index contributed by atoms with van der Waals surface area (Å²) in [5, 5.41) is 0. The first-order chi connectivity index (χ1) is 10.1. The Bertz CT molecular complexity index is 496. The van der Waals surface area contributed by atoms with Gasteiger partial charge in [0.25, 0.3) is 0 Å². The van der Waals surface area contributed by atoms with Crippen molar-refractivity contribution < 1.29 is 4.39 Å². The Morgan fingerprint density at radius 1 is 1.38 bits per heavy atom. The van der Waals surface area contributed by atoms with Crippen molar-refractivity contribution in [2.75, 3.05) is 7.05 Å². The van der Waals surface area contributed by atoms with E-state index in [2.05, 4.69) is 33.3 Å². The number of halogens is 2. The largest absolute Gasteiger partial charge is 0.300 e. The summed E-state index contributed by atoms with van der Waals surface area (Å²) in [6, 6.07) is 6.79. The van der Waals surface area contributed by atoms with Crippen LogP contribution in [0, 0.1) is 11.7 Å². The number of hydrogen-bond acceptors (Lipinski definition) is 3. The Morgan fingerprint density at radius 2 is 2.05 bits per heavy atom. The molecule has 21 heavy (non-hydrogen) atoms. The summed E-state index contributed by atoms with van der Waals surface area (Å²) in [6.07, 6.45) is 5.58. The third-order valence-electron chi connectivity index (χ3n) is 5.37. The number of benzene rings is 1. The van der Waals surface area contributed by atoms with Crippen molar-refractivity contribution in [3.05, 3.63) is 34.1 Å². The monoisotopic (exact) mass is 355 g/mol. The smallest absolute Gasteiger partial charge is 0.127 e. The van der Waals surface area contributed by atoms with Crippen molar-refractivity contribution in [3.63, 3.8) is 0 Å². The van der Waals surface area contributed by atoms with Gasteiger partial charge in [-0.1, -0.05) is 22.0 Å². The minimum Gasteiger partial charge on any atom is -0.300 e. The summed E-state index contributed by atoms with van der Waals surface area (Å²) in [7, 11) is 2.23. The van der Waals surface area contributed by atoms with Crippen molar-refractivity contribution >= 4 is 15.9 Å². The summed E-state index contributed by atoms with van der Waals surface area (Å²) in [4.78, 5) is 2.52. The van der Waals surface area contributed by atoms with Crippen molar-refractivity contribution in [1.82, 2.24) is 10.3 Å². The molecule has 0 amide bonds. The second-order valence-corrected chi connectivity index (χ2v) is 7.41. The fraction of sp³-hybridized carbons (Fsp3) is 0.625. The number of hydrogen-bond donors (Lipinski definition) is 2. The average Bonchev–Trinajstić information content (AvgIpc) is 2.68. The fourth-order valence-electron chi connectivity index (χ4n) is 4.07. The Balaban J connectivity index is 1.71. The molecule has 116 valence electrons. The minimum atomic E-state index is -0.152. The van der Waals surface area contributed by atoms with Gasteiger partial charge in [-0.2, -0.15) is 0 Å². The van der Waals surface area contributed by atoms with Crippen LogP contribution in [0.25, 0.3) is 0 Å². The molecule has 2 fully saturated rings. The lowest BCUT2D eigenvalue weighted by Crippen LogP contribution is -2.49. The Labute approximate surface area is 134 Å². The van der Waals surface area contributed by atoms with Crippen LogP contribution in [0.4, 0.5) is 4.39 Å². The first-order valence-corrected chi connectivity index (χ1v) is 8.49. The molecule has 2 aliphatic rings. The van der Waals surface area contributed by atoms with Gasteiger partial charge in [0, 0.05) is 22.6 Å². The topological polar surface area (TPSA) is 41.3 Å². The molecule has 2 bridgehead atoms. The summed E-state index contributed by atoms with van der Waals surface area (Å²) in [5.74, 6) is 6.16. The molecular formula is C16H23BrFN3. The fourth-order valence-corrected chi connectivity index (χ4v) is 4.40. The predicted molar refractivity (Wildman–Crippen MR) is 86.2 cm³/mol. The van der Waals surface area contributed by atoms with Crippen LogP contribution in [0.5, 0.6) is 0 Å². The molecule has 1 aromatic rings. The molecule has 2 heterocycles. The molecule has 0 radical (unpaired) electrons. The van der Waals surface area contributed by atoms with Crippen LogP contribution in [-0.2, 0) is 6.42 Å². The Kier molecular flexibility index (Phi) is 4.64. The van der Waals surface area contributed by atoms with Crippen molar-refractivity contribution in [2.24, 2.45) is 11.8 Å². The van der Waals surface area contributed by atoms with E-state index in [9.17, 15) is 4.39 Å². The molecule has 0 spiro atoms. The van der Waals surface area contributed by atoms with Gasteiger partial charge in [-0.25, -0.2) is 4.39 Å². The van der Waals surface area contributed by atoms with E-state index in [0.717, 1.165) is 10.0 Å². The number of fused-ring (bicyclic) bond motifs is 2. The maximum atomic E-state index is 14.0. The standard InChI is InChI=1S/C16H23BrFN3/c1-21-13-4-5-14(21)7-11(6-13)16(20-19)8-10-2-3-12(17)9-15(10)18/h2-3,9,11,13-14,16,20H,4-8,19H2,1H3. The van der Waals surface area contributed by atoms with Gasteiger partial charge in [0.05, 0.1) is 0 Å². The molecule has 1 aromatic carbocycles. The lowest BCUT2D eigenvalue weighted by atomic mass is 9.83. The zero-order valence-corrected chi connectivity index (χ0v) is 13.9. The molecule has 3 atom stereocenters. The van der Waals surface area contributed by atoms with Gasteiger partial charge in [-0.05, 0) is 62.8 Å². The Morgan fingerprint density at radius 3 is 2.62 bits per heavy atom. The van der Waals surface area contributed by atoms with Gasteiger partial charge in [0.1, 0.15) is 5.82 Å². The van der Waals surface area contributed by atoms with Crippen LogP contribution in [0.2, 0.25) is 0 Å². The highest BCUT2D eigenvalue weighted by molar-refractivity contribution is 9.10. The number of nitrogens with zero attached hydrogens (tertiary/aromatic N) is 1. The van der Waals surface area contributed by atoms with E-state index < -0.39 is 0 Å². The van der Waals surface area contributed by atoms with E-state index in [0.29, 0.717) is 24.4 Å². The molecular weight excluding hydrogens is 333 g/mol. The van der Waals surface area contributed by atoms with Gasteiger partial charge >= 0.3 is 0 Å². The van der Waals surface area contributed by atoms with E-state index in [-0.39, 0.29) is 11.9 Å². The number of rotatable bonds is 4. The second kappa shape index (κ2) is 6.32. The maximum absolute atomic E-state index is 14.0. The van der Waals surface area contributed by atoms with Crippen molar-refractivity contribution in [3.8, 4) is 0 Å². The maximum Gasteiger partial charge on any atom is 0.127 e. The lowest BCUT2D eigenvalue weighted by molar-refractivity contribution is 0.112. The molecule has 0 aliphatic carbocycles. The molecule has 3 N–H and O–H groups in total. The number of nitrogens with two attached hydrogens (primary N) is 1. The SMILES string of the molecule is CN1C2CCC1CC(C(Cc1ccc(Br)cc1F)NN)C2. The first kappa shape index (κ1) is 15.4. The van der Waals surface area contributed by atoms with Crippen LogP contribution in [-0.4, -0.2) is 30.1 Å². The summed E-state index contributed by atoms with van der Waals surface area (Å²) in [5.41, 5.74) is 3.69. The molecule has 0 saturated carbocycles. The number of nitrogens with one attached hydrogen (secondary N) is 1. The lowest BCUT2D eigenvalue weighted by Gasteiger charge is -2.39. The van der Waals surface area contributed by atoms with Crippen LogP contribution in [0.3, 0.4) is 0 Å². The second-order valence-electron chi connectivity index (χ2n) is 6.49. The molecule has 3 nitrogen and oxygen atoms in total. The van der Waals surface area contributed by atoms with E-state index in [1.807, 2.05) is 12.1 Å². The molecule has 5 heteroatoms. The van der Waals surface area contributed by atoms with E-state index in [1.165, 1.54) is 31.7 Å². The number of hydrazine groups is 1. The number of piperidine rings is 1. The van der Waals surface area contributed by atoms with Crippen LogP contribution < -0.4 is 11.3 Å².